The molecule has 1 fully saturated rings. The number of nitrogens with two attached hydrogens (primary N) is 1. The van der Waals surface area contributed by atoms with Gasteiger partial charge in [-0.3, -0.25) is 9.78 Å². The maximum absolute atomic E-state index is 11.8. The van der Waals surface area contributed by atoms with Crippen LogP contribution in [0.25, 0.3) is 0 Å². The Labute approximate surface area is 99.0 Å². The van der Waals surface area contributed by atoms with Crippen LogP contribution in [0.5, 0.6) is 0 Å². The van der Waals surface area contributed by atoms with E-state index >= 15 is 0 Å². The first-order valence-electron chi connectivity index (χ1n) is 5.36. The first-order chi connectivity index (χ1) is 7.75. The van der Waals surface area contributed by atoms with Crippen LogP contribution in [0.1, 0.15) is 23.3 Å². The zero-order chi connectivity index (χ0) is 11.4. The van der Waals surface area contributed by atoms with E-state index in [0.717, 1.165) is 12.2 Å². The molecule has 86 valence electrons. The Bertz CT molecular complexity index is 377. The number of hydrogen-bond donors (Lipinski definition) is 2. The maximum atomic E-state index is 11.8. The van der Waals surface area contributed by atoms with Gasteiger partial charge in [-0.2, -0.15) is 11.8 Å². The van der Waals surface area contributed by atoms with E-state index in [1.807, 2.05) is 11.8 Å². The summed E-state index contributed by atoms with van der Waals surface area (Å²) < 4.78 is 0. The van der Waals surface area contributed by atoms with Gasteiger partial charge in [0.15, 0.2) is 0 Å². The van der Waals surface area contributed by atoms with Crippen LogP contribution < -0.4 is 11.1 Å². The average molecular weight is 237 g/mol. The number of nitrogens with zero attached hydrogens (tertiary/aromatic N) is 1. The number of pyridine rings is 1. The topological polar surface area (TPSA) is 68.0 Å². The summed E-state index contributed by atoms with van der Waals surface area (Å²) in [5.41, 5.74) is 6.57. The number of carbonyl (C=O) groups is 1. The molecule has 16 heavy (non-hydrogen) atoms. The number of thioether (sulfide) groups is 1. The number of carbonyl (C=O) groups excluding carboxylic acids is 1. The van der Waals surface area contributed by atoms with E-state index in [1.54, 1.807) is 18.3 Å². The lowest BCUT2D eigenvalue weighted by Crippen LogP contribution is -2.38. The molecule has 0 radical (unpaired) electrons. The lowest BCUT2D eigenvalue weighted by molar-refractivity contribution is 0.0933. The number of hydrogen-bond acceptors (Lipinski definition) is 4. The van der Waals surface area contributed by atoms with Crippen LogP contribution in [0.2, 0.25) is 0 Å². The van der Waals surface area contributed by atoms with Crippen molar-refractivity contribution in [2.75, 3.05) is 17.2 Å². The fourth-order valence-electron chi connectivity index (χ4n) is 1.68. The number of anilines is 1. The minimum Gasteiger partial charge on any atom is -0.399 e. The third-order valence-corrected chi connectivity index (χ3v) is 3.73. The van der Waals surface area contributed by atoms with Crippen LogP contribution >= 0.6 is 11.8 Å². The summed E-state index contributed by atoms with van der Waals surface area (Å²) in [5, 5.41) is 2.98. The van der Waals surface area contributed by atoms with E-state index in [9.17, 15) is 4.79 Å². The predicted molar refractivity (Wildman–Crippen MR) is 66.5 cm³/mol. The third kappa shape index (κ3) is 2.88. The molecule has 0 saturated carbocycles. The van der Waals surface area contributed by atoms with Crippen LogP contribution in [-0.2, 0) is 0 Å². The first-order valence-corrected chi connectivity index (χ1v) is 6.51. The second-order valence-electron chi connectivity index (χ2n) is 3.86. The van der Waals surface area contributed by atoms with Gasteiger partial charge in [-0.1, -0.05) is 0 Å². The molecule has 1 atom stereocenters. The second kappa shape index (κ2) is 5.21. The van der Waals surface area contributed by atoms with Crippen molar-refractivity contribution in [3.63, 3.8) is 0 Å². The van der Waals surface area contributed by atoms with E-state index in [-0.39, 0.29) is 11.9 Å². The molecule has 1 unspecified atom stereocenters. The molecule has 2 rings (SSSR count). The summed E-state index contributed by atoms with van der Waals surface area (Å²) in [4.78, 5) is 15.8. The molecule has 1 saturated heterocycles. The predicted octanol–water partition coefficient (Wildman–Crippen LogP) is 1.29. The Morgan fingerprint density at radius 1 is 1.62 bits per heavy atom. The van der Waals surface area contributed by atoms with E-state index < -0.39 is 0 Å². The lowest BCUT2D eigenvalue weighted by Gasteiger charge is -2.22. The van der Waals surface area contributed by atoms with Gasteiger partial charge in [-0.05, 0) is 30.7 Å². The van der Waals surface area contributed by atoms with E-state index in [4.69, 9.17) is 5.73 Å². The Morgan fingerprint density at radius 3 is 3.19 bits per heavy atom. The molecule has 1 aromatic heterocycles. The van der Waals surface area contributed by atoms with Crippen molar-refractivity contribution >= 4 is 23.4 Å². The van der Waals surface area contributed by atoms with Crippen molar-refractivity contribution in [2.45, 2.75) is 18.9 Å². The number of nitrogen functional groups attached to an aromatic ring is 1. The fraction of sp³-hybridized carbons (Fsp3) is 0.455. The maximum Gasteiger partial charge on any atom is 0.270 e. The molecule has 1 aliphatic heterocycles. The molecular weight excluding hydrogens is 222 g/mol. The summed E-state index contributed by atoms with van der Waals surface area (Å²) in [7, 11) is 0. The van der Waals surface area contributed by atoms with E-state index in [1.165, 1.54) is 12.2 Å². The first kappa shape index (κ1) is 11.3. The SMILES string of the molecule is Nc1ccnc(C(=O)NC2CCCSC2)c1. The molecular formula is C11H15N3OS. The molecule has 0 spiro atoms. The van der Waals surface area contributed by atoms with E-state index in [0.29, 0.717) is 11.4 Å². The van der Waals surface area contributed by atoms with Gasteiger partial charge >= 0.3 is 0 Å². The Morgan fingerprint density at radius 2 is 2.50 bits per heavy atom. The Kier molecular flexibility index (Phi) is 3.66. The third-order valence-electron chi connectivity index (χ3n) is 2.51. The molecule has 0 aromatic carbocycles. The van der Waals surface area contributed by atoms with Crippen LogP contribution in [0.4, 0.5) is 5.69 Å². The van der Waals surface area contributed by atoms with Crippen molar-refractivity contribution in [1.29, 1.82) is 0 Å². The molecule has 2 heterocycles. The number of aromatic nitrogens is 1. The van der Waals surface area contributed by atoms with Gasteiger partial charge in [-0.25, -0.2) is 0 Å². The Hall–Kier alpha value is -1.23. The highest BCUT2D eigenvalue weighted by molar-refractivity contribution is 7.99. The smallest absolute Gasteiger partial charge is 0.270 e. The minimum atomic E-state index is -0.125. The fourth-order valence-corrected chi connectivity index (χ4v) is 2.76. The zero-order valence-corrected chi connectivity index (χ0v) is 9.80. The summed E-state index contributed by atoms with van der Waals surface area (Å²) in [5.74, 6) is 2.07. The van der Waals surface area contributed by atoms with Gasteiger partial charge in [0.1, 0.15) is 5.69 Å². The monoisotopic (exact) mass is 237 g/mol. The highest BCUT2D eigenvalue weighted by Gasteiger charge is 2.17. The van der Waals surface area contributed by atoms with Gasteiger partial charge in [0.2, 0.25) is 0 Å². The average Bonchev–Trinajstić information content (AvgIpc) is 2.30. The van der Waals surface area contributed by atoms with Gasteiger partial charge < -0.3 is 11.1 Å². The van der Waals surface area contributed by atoms with Gasteiger partial charge in [0.25, 0.3) is 5.91 Å². The van der Waals surface area contributed by atoms with Crippen molar-refractivity contribution in [3.8, 4) is 0 Å². The standard InChI is InChI=1S/C11H15N3OS/c12-8-3-4-13-10(6-8)11(15)14-9-2-1-5-16-7-9/h3-4,6,9H,1-2,5,7H2,(H2,12,13)(H,14,15). The second-order valence-corrected chi connectivity index (χ2v) is 5.01. The molecule has 5 heteroatoms. The molecule has 4 nitrogen and oxygen atoms in total. The lowest BCUT2D eigenvalue weighted by atomic mass is 10.2. The van der Waals surface area contributed by atoms with Crippen molar-refractivity contribution < 1.29 is 4.79 Å². The van der Waals surface area contributed by atoms with Crippen LogP contribution in [-0.4, -0.2) is 28.4 Å². The van der Waals surface area contributed by atoms with Gasteiger partial charge in [0, 0.05) is 23.7 Å². The van der Waals surface area contributed by atoms with Crippen LogP contribution in [0, 0.1) is 0 Å². The summed E-state index contributed by atoms with van der Waals surface area (Å²) in [6.07, 6.45) is 3.78. The van der Waals surface area contributed by atoms with Crippen molar-refractivity contribution in [3.05, 3.63) is 24.0 Å². The molecule has 0 bridgehead atoms. The van der Waals surface area contributed by atoms with Crippen LogP contribution in [0.15, 0.2) is 18.3 Å². The van der Waals surface area contributed by atoms with Gasteiger partial charge in [0.05, 0.1) is 0 Å². The molecule has 3 N–H and O–H groups in total. The molecule has 1 aromatic rings. The Balaban J connectivity index is 1.97. The molecule has 1 amide bonds. The zero-order valence-electron chi connectivity index (χ0n) is 8.98. The highest BCUT2D eigenvalue weighted by atomic mass is 32.2. The minimum absolute atomic E-state index is 0.125. The van der Waals surface area contributed by atoms with Crippen LogP contribution in [0.3, 0.4) is 0 Å². The summed E-state index contributed by atoms with van der Waals surface area (Å²) >= 11 is 1.88. The molecule has 0 aliphatic carbocycles. The summed E-state index contributed by atoms with van der Waals surface area (Å²) in [6, 6.07) is 3.55. The largest absolute Gasteiger partial charge is 0.399 e. The number of rotatable bonds is 2. The quantitative estimate of drug-likeness (QED) is 0.813. The molecule has 1 aliphatic rings. The van der Waals surface area contributed by atoms with Crippen molar-refractivity contribution in [2.24, 2.45) is 0 Å². The normalized spacial score (nSPS) is 20.4. The number of amides is 1. The van der Waals surface area contributed by atoms with Crippen molar-refractivity contribution in [1.82, 2.24) is 10.3 Å². The highest BCUT2D eigenvalue weighted by Crippen LogP contribution is 2.17. The number of nitrogens with one attached hydrogen (secondary N) is 1. The summed E-state index contributed by atoms with van der Waals surface area (Å²) in [6.45, 7) is 0. The van der Waals surface area contributed by atoms with Gasteiger partial charge in [-0.15, -0.1) is 0 Å². The van der Waals surface area contributed by atoms with E-state index in [2.05, 4.69) is 10.3 Å².